The average molecular weight is 317 g/mol. The Bertz CT molecular complexity index is 458. The van der Waals surface area contributed by atoms with Gasteiger partial charge in [-0.15, -0.1) is 0 Å². The van der Waals surface area contributed by atoms with Gasteiger partial charge in [0.25, 0.3) is 6.10 Å². The molecule has 1 rings (SSSR count). The van der Waals surface area contributed by atoms with E-state index in [0.717, 1.165) is 6.07 Å². The Hall–Kier alpha value is -1.80. The molecule has 3 nitrogen and oxygen atoms in total. The summed E-state index contributed by atoms with van der Waals surface area (Å²) in [4.78, 5) is 0. The molecule has 0 unspecified atom stereocenters. The lowest BCUT2D eigenvalue weighted by atomic mass is 10.2. The van der Waals surface area contributed by atoms with Crippen LogP contribution in [0.15, 0.2) is 18.2 Å². The molecule has 0 saturated heterocycles. The predicted octanol–water partition coefficient (Wildman–Crippen LogP) is 3.93. The Morgan fingerprint density at radius 3 is 2.05 bits per heavy atom. The van der Waals surface area contributed by atoms with Crippen molar-refractivity contribution in [2.45, 2.75) is 31.8 Å². The number of rotatable bonds is 5. The first kappa shape index (κ1) is 17.3. The van der Waals surface area contributed by atoms with Gasteiger partial charge >= 0.3 is 12.4 Å². The summed E-state index contributed by atoms with van der Waals surface area (Å²) in [5.74, 6) is -0.763. The third kappa shape index (κ3) is 4.61. The van der Waals surface area contributed by atoms with Gasteiger partial charge in [0.15, 0.2) is 0 Å². The molecule has 2 N–H and O–H groups in total. The van der Waals surface area contributed by atoms with Crippen LogP contribution in [0.2, 0.25) is 0 Å². The molecule has 0 fully saturated rings. The smallest absolute Gasteiger partial charge is 0.434 e. The highest BCUT2D eigenvalue weighted by Gasteiger charge is 2.59. The van der Waals surface area contributed by atoms with Gasteiger partial charge in [0.1, 0.15) is 17.2 Å². The third-order valence-electron chi connectivity index (χ3n) is 2.33. The first-order chi connectivity index (χ1) is 9.57. The fourth-order valence-corrected chi connectivity index (χ4v) is 1.41. The number of para-hydroxylation sites is 1. The first-order valence-electron chi connectivity index (χ1n) is 5.88. The van der Waals surface area contributed by atoms with Crippen LogP contribution >= 0.6 is 0 Å². The standard InChI is InChI=1S/C12H13F6NO2/c1-2-6-20-7-4-3-5-8(9(7)19)21-10(11(13,14)15)12(16,17)18/h3-5,10H,2,6,19H2,1H3. The molecular formula is C12H13F6NO2. The van der Waals surface area contributed by atoms with E-state index in [9.17, 15) is 26.3 Å². The molecule has 1 aromatic carbocycles. The minimum Gasteiger partial charge on any atom is -0.491 e. The van der Waals surface area contributed by atoms with E-state index in [0.29, 0.717) is 6.42 Å². The van der Waals surface area contributed by atoms with E-state index in [-0.39, 0.29) is 12.4 Å². The highest BCUT2D eigenvalue weighted by molar-refractivity contribution is 5.62. The fraction of sp³-hybridized carbons (Fsp3) is 0.500. The summed E-state index contributed by atoms with van der Waals surface area (Å²) in [5.41, 5.74) is 5.06. The summed E-state index contributed by atoms with van der Waals surface area (Å²) in [6.07, 6.45) is -14.6. The average Bonchev–Trinajstić information content (AvgIpc) is 2.33. The minimum atomic E-state index is -5.61. The molecular weight excluding hydrogens is 304 g/mol. The SMILES string of the molecule is CCCOc1cccc(OC(C(F)(F)F)C(F)(F)F)c1N. The van der Waals surface area contributed by atoms with Gasteiger partial charge in [-0.05, 0) is 18.6 Å². The second kappa shape index (κ2) is 6.31. The van der Waals surface area contributed by atoms with E-state index >= 15 is 0 Å². The molecule has 9 heteroatoms. The van der Waals surface area contributed by atoms with Crippen molar-refractivity contribution in [2.75, 3.05) is 12.3 Å². The Morgan fingerprint density at radius 2 is 1.57 bits per heavy atom. The Kier molecular flexibility index (Phi) is 5.19. The van der Waals surface area contributed by atoms with Crippen LogP contribution in [-0.4, -0.2) is 25.1 Å². The van der Waals surface area contributed by atoms with Gasteiger partial charge in [0, 0.05) is 0 Å². The molecule has 21 heavy (non-hydrogen) atoms. The minimum absolute atomic E-state index is 0.0301. The van der Waals surface area contributed by atoms with E-state index in [1.807, 2.05) is 0 Å². The molecule has 0 heterocycles. The van der Waals surface area contributed by atoms with Gasteiger partial charge < -0.3 is 15.2 Å². The van der Waals surface area contributed by atoms with Crippen LogP contribution in [0.1, 0.15) is 13.3 Å². The van der Waals surface area contributed by atoms with Crippen molar-refractivity contribution in [3.63, 3.8) is 0 Å². The maximum Gasteiger partial charge on any atom is 0.434 e. The molecule has 0 amide bonds. The maximum atomic E-state index is 12.4. The van der Waals surface area contributed by atoms with Gasteiger partial charge in [-0.25, -0.2) is 0 Å². The predicted molar refractivity (Wildman–Crippen MR) is 63.2 cm³/mol. The number of hydrogen-bond acceptors (Lipinski definition) is 3. The molecule has 0 bridgehead atoms. The zero-order chi connectivity index (χ0) is 16.3. The van der Waals surface area contributed by atoms with Gasteiger partial charge in [0.2, 0.25) is 0 Å². The van der Waals surface area contributed by atoms with E-state index in [1.165, 1.54) is 12.1 Å². The van der Waals surface area contributed by atoms with E-state index in [4.69, 9.17) is 10.5 Å². The molecule has 0 aliphatic heterocycles. The monoisotopic (exact) mass is 317 g/mol. The number of nitrogens with two attached hydrogens (primary N) is 1. The van der Waals surface area contributed by atoms with E-state index < -0.39 is 29.9 Å². The molecule has 1 aromatic rings. The lowest BCUT2D eigenvalue weighted by Gasteiger charge is -2.24. The largest absolute Gasteiger partial charge is 0.491 e. The van der Waals surface area contributed by atoms with E-state index in [1.54, 1.807) is 6.92 Å². The van der Waals surface area contributed by atoms with Crippen molar-refractivity contribution in [3.8, 4) is 11.5 Å². The van der Waals surface area contributed by atoms with Crippen molar-refractivity contribution < 1.29 is 35.8 Å². The highest BCUT2D eigenvalue weighted by Crippen LogP contribution is 2.39. The number of nitrogen functional groups attached to an aromatic ring is 1. The molecule has 0 aromatic heterocycles. The lowest BCUT2D eigenvalue weighted by molar-refractivity contribution is -0.299. The van der Waals surface area contributed by atoms with Crippen molar-refractivity contribution in [3.05, 3.63) is 18.2 Å². The van der Waals surface area contributed by atoms with Crippen LogP contribution in [0.5, 0.6) is 11.5 Å². The second-order valence-corrected chi connectivity index (χ2v) is 4.10. The molecule has 120 valence electrons. The molecule has 0 spiro atoms. The summed E-state index contributed by atoms with van der Waals surface area (Å²) in [6, 6.07) is 3.44. The summed E-state index contributed by atoms with van der Waals surface area (Å²) < 4.78 is 83.7. The fourth-order valence-electron chi connectivity index (χ4n) is 1.41. The molecule has 0 atom stereocenters. The molecule has 0 aliphatic rings. The van der Waals surface area contributed by atoms with Gasteiger partial charge in [-0.3, -0.25) is 0 Å². The second-order valence-electron chi connectivity index (χ2n) is 4.10. The van der Waals surface area contributed by atoms with Crippen LogP contribution in [0, 0.1) is 0 Å². The van der Waals surface area contributed by atoms with Crippen LogP contribution in [0.3, 0.4) is 0 Å². The van der Waals surface area contributed by atoms with Crippen molar-refractivity contribution in [1.82, 2.24) is 0 Å². The number of ether oxygens (including phenoxy) is 2. The van der Waals surface area contributed by atoms with Crippen molar-refractivity contribution in [1.29, 1.82) is 0 Å². The van der Waals surface area contributed by atoms with Crippen LogP contribution in [0.25, 0.3) is 0 Å². The van der Waals surface area contributed by atoms with Crippen LogP contribution in [0.4, 0.5) is 32.0 Å². The van der Waals surface area contributed by atoms with Crippen molar-refractivity contribution in [2.24, 2.45) is 0 Å². The third-order valence-corrected chi connectivity index (χ3v) is 2.33. The summed E-state index contributed by atoms with van der Waals surface area (Å²) >= 11 is 0. The number of alkyl halides is 6. The zero-order valence-electron chi connectivity index (χ0n) is 10.9. The normalized spacial score (nSPS) is 12.6. The first-order valence-corrected chi connectivity index (χ1v) is 5.88. The van der Waals surface area contributed by atoms with Gasteiger partial charge in [-0.1, -0.05) is 13.0 Å². The molecule has 0 saturated carbocycles. The van der Waals surface area contributed by atoms with Gasteiger partial charge in [0.05, 0.1) is 6.61 Å². The maximum absolute atomic E-state index is 12.4. The van der Waals surface area contributed by atoms with E-state index in [2.05, 4.69) is 4.74 Å². The summed E-state index contributed by atoms with van der Waals surface area (Å²) in [5, 5.41) is 0. The summed E-state index contributed by atoms with van der Waals surface area (Å²) in [6.45, 7) is 2.00. The Balaban J connectivity index is 3.05. The summed E-state index contributed by atoms with van der Waals surface area (Å²) in [7, 11) is 0. The number of anilines is 1. The molecule has 0 aliphatic carbocycles. The zero-order valence-corrected chi connectivity index (χ0v) is 10.9. The number of hydrogen-bond donors (Lipinski definition) is 1. The van der Waals surface area contributed by atoms with Gasteiger partial charge in [-0.2, -0.15) is 26.3 Å². The highest BCUT2D eigenvalue weighted by atomic mass is 19.4. The number of halogens is 6. The Morgan fingerprint density at radius 1 is 1.05 bits per heavy atom. The van der Waals surface area contributed by atoms with Crippen LogP contribution in [-0.2, 0) is 0 Å². The Labute approximate surface area is 116 Å². The van der Waals surface area contributed by atoms with Crippen molar-refractivity contribution >= 4 is 5.69 Å². The quantitative estimate of drug-likeness (QED) is 0.661. The van der Waals surface area contributed by atoms with Crippen LogP contribution < -0.4 is 15.2 Å². The molecule has 0 radical (unpaired) electrons. The topological polar surface area (TPSA) is 44.5 Å². The lowest BCUT2D eigenvalue weighted by Crippen LogP contribution is -2.46. The number of benzene rings is 1.